The highest BCUT2D eigenvalue weighted by Crippen LogP contribution is 2.21. The Balaban J connectivity index is 2.72. The van der Waals surface area contributed by atoms with Gasteiger partial charge in [-0.15, -0.1) is 0 Å². The van der Waals surface area contributed by atoms with Crippen molar-refractivity contribution < 1.29 is 4.74 Å². The van der Waals surface area contributed by atoms with Gasteiger partial charge >= 0.3 is 0 Å². The zero-order chi connectivity index (χ0) is 8.97. The zero-order valence-corrected chi connectivity index (χ0v) is 8.57. The van der Waals surface area contributed by atoms with Crippen LogP contribution < -0.4 is 5.32 Å². The average Bonchev–Trinajstić information content (AvgIpc) is 2.47. The third kappa shape index (κ3) is 2.06. The molecular weight excluding hydrogens is 170 g/mol. The second-order valence-corrected chi connectivity index (χ2v) is 3.55. The van der Waals surface area contributed by atoms with Gasteiger partial charge in [-0.1, -0.05) is 0 Å². The number of ether oxygens (including phenoxy) is 1. The van der Waals surface area contributed by atoms with E-state index in [2.05, 4.69) is 23.0 Å². The molecule has 0 amide bonds. The van der Waals surface area contributed by atoms with Crippen molar-refractivity contribution in [2.24, 2.45) is 0 Å². The van der Waals surface area contributed by atoms with Crippen LogP contribution in [-0.2, 0) is 4.74 Å². The number of nitrogens with one attached hydrogen (secondary N) is 1. The zero-order valence-electron chi connectivity index (χ0n) is 7.76. The van der Waals surface area contributed by atoms with Crippen molar-refractivity contribution >= 4 is 11.3 Å². The lowest BCUT2D eigenvalue weighted by Gasteiger charge is -2.14. The van der Waals surface area contributed by atoms with Gasteiger partial charge in [0.1, 0.15) is 0 Å². The van der Waals surface area contributed by atoms with Crippen LogP contribution in [0.25, 0.3) is 0 Å². The minimum Gasteiger partial charge on any atom is -0.383 e. The lowest BCUT2D eigenvalue weighted by atomic mass is 10.1. The lowest BCUT2D eigenvalue weighted by Crippen LogP contribution is -2.21. The van der Waals surface area contributed by atoms with Gasteiger partial charge in [-0.3, -0.25) is 0 Å². The summed E-state index contributed by atoms with van der Waals surface area (Å²) < 4.78 is 5.12. The molecule has 0 bridgehead atoms. The Morgan fingerprint density at radius 3 is 2.75 bits per heavy atom. The number of aryl methyl sites for hydroxylation is 1. The second kappa shape index (κ2) is 4.60. The van der Waals surface area contributed by atoms with Gasteiger partial charge in [0.05, 0.1) is 12.6 Å². The second-order valence-electron chi connectivity index (χ2n) is 2.81. The van der Waals surface area contributed by atoms with Gasteiger partial charge in [0, 0.05) is 7.11 Å². The Kier molecular flexibility index (Phi) is 3.72. The Bertz CT molecular complexity index is 234. The number of methoxy groups -OCH3 is 1. The van der Waals surface area contributed by atoms with Gasteiger partial charge in [0.2, 0.25) is 0 Å². The maximum atomic E-state index is 5.12. The van der Waals surface area contributed by atoms with E-state index in [9.17, 15) is 0 Å². The van der Waals surface area contributed by atoms with Crippen molar-refractivity contribution in [1.29, 1.82) is 0 Å². The van der Waals surface area contributed by atoms with Crippen molar-refractivity contribution in [3.63, 3.8) is 0 Å². The first-order chi connectivity index (χ1) is 5.79. The van der Waals surface area contributed by atoms with Gasteiger partial charge in [0.25, 0.3) is 0 Å². The van der Waals surface area contributed by atoms with E-state index in [1.807, 2.05) is 7.05 Å². The van der Waals surface area contributed by atoms with Crippen LogP contribution in [0.15, 0.2) is 10.8 Å². The highest BCUT2D eigenvalue weighted by molar-refractivity contribution is 7.08. The molecule has 3 heteroatoms. The molecule has 1 heterocycles. The predicted octanol–water partition coefficient (Wildman–Crippen LogP) is 1.96. The summed E-state index contributed by atoms with van der Waals surface area (Å²) in [5, 5.41) is 7.57. The van der Waals surface area contributed by atoms with Crippen LogP contribution in [0, 0.1) is 6.92 Å². The fourth-order valence-electron chi connectivity index (χ4n) is 1.22. The molecule has 1 unspecified atom stereocenters. The van der Waals surface area contributed by atoms with E-state index >= 15 is 0 Å². The monoisotopic (exact) mass is 185 g/mol. The molecule has 2 nitrogen and oxygen atoms in total. The average molecular weight is 185 g/mol. The van der Waals surface area contributed by atoms with E-state index in [4.69, 9.17) is 4.74 Å². The molecule has 0 aliphatic heterocycles. The number of rotatable bonds is 4. The van der Waals surface area contributed by atoms with Crippen LogP contribution in [0.3, 0.4) is 0 Å². The van der Waals surface area contributed by atoms with Crippen LogP contribution in [-0.4, -0.2) is 20.8 Å². The predicted molar refractivity (Wildman–Crippen MR) is 52.7 cm³/mol. The molecule has 0 aliphatic rings. The summed E-state index contributed by atoms with van der Waals surface area (Å²) in [5.41, 5.74) is 2.70. The first kappa shape index (κ1) is 9.71. The van der Waals surface area contributed by atoms with E-state index in [1.165, 1.54) is 11.1 Å². The SMILES string of the molecule is CNC(COC)c1cscc1C. The Morgan fingerprint density at radius 1 is 1.58 bits per heavy atom. The van der Waals surface area contributed by atoms with E-state index in [1.54, 1.807) is 18.4 Å². The van der Waals surface area contributed by atoms with Crippen molar-refractivity contribution in [2.75, 3.05) is 20.8 Å². The summed E-state index contributed by atoms with van der Waals surface area (Å²) in [5.74, 6) is 0. The summed E-state index contributed by atoms with van der Waals surface area (Å²) in [6.45, 7) is 2.86. The smallest absolute Gasteiger partial charge is 0.0657 e. The third-order valence-electron chi connectivity index (χ3n) is 1.95. The highest BCUT2D eigenvalue weighted by Gasteiger charge is 2.11. The molecular formula is C9H15NOS. The fourth-order valence-corrected chi connectivity index (χ4v) is 2.13. The van der Waals surface area contributed by atoms with E-state index in [0.717, 1.165) is 6.61 Å². The van der Waals surface area contributed by atoms with E-state index in [-0.39, 0.29) is 0 Å². The number of hydrogen-bond donors (Lipinski definition) is 1. The molecule has 0 saturated heterocycles. The van der Waals surface area contributed by atoms with Crippen LogP contribution >= 0.6 is 11.3 Å². The summed E-state index contributed by atoms with van der Waals surface area (Å²) in [7, 11) is 3.69. The quantitative estimate of drug-likeness (QED) is 0.774. The van der Waals surface area contributed by atoms with Gasteiger partial charge in [-0.05, 0) is 35.9 Å². The molecule has 0 aliphatic carbocycles. The summed E-state index contributed by atoms with van der Waals surface area (Å²) >= 11 is 1.74. The summed E-state index contributed by atoms with van der Waals surface area (Å²) in [6, 6.07) is 0.334. The van der Waals surface area contributed by atoms with Crippen molar-refractivity contribution in [3.05, 3.63) is 21.9 Å². The molecule has 68 valence electrons. The maximum Gasteiger partial charge on any atom is 0.0657 e. The first-order valence-corrected chi connectivity index (χ1v) is 4.92. The molecule has 1 aromatic rings. The van der Waals surface area contributed by atoms with Crippen molar-refractivity contribution in [1.82, 2.24) is 5.32 Å². The summed E-state index contributed by atoms with van der Waals surface area (Å²) in [4.78, 5) is 0. The largest absolute Gasteiger partial charge is 0.383 e. The first-order valence-electron chi connectivity index (χ1n) is 3.98. The third-order valence-corrected chi connectivity index (χ3v) is 2.83. The Hall–Kier alpha value is -0.380. The molecule has 0 radical (unpaired) electrons. The summed E-state index contributed by atoms with van der Waals surface area (Å²) in [6.07, 6.45) is 0. The van der Waals surface area contributed by atoms with Gasteiger partial charge in [0.15, 0.2) is 0 Å². The molecule has 0 fully saturated rings. The van der Waals surface area contributed by atoms with Crippen molar-refractivity contribution in [3.8, 4) is 0 Å². The van der Waals surface area contributed by atoms with Gasteiger partial charge in [-0.2, -0.15) is 11.3 Å². The van der Waals surface area contributed by atoms with Crippen LogP contribution in [0.1, 0.15) is 17.2 Å². The van der Waals surface area contributed by atoms with Crippen molar-refractivity contribution in [2.45, 2.75) is 13.0 Å². The normalized spacial score (nSPS) is 13.2. The molecule has 0 spiro atoms. The molecule has 1 rings (SSSR count). The van der Waals surface area contributed by atoms with Crippen LogP contribution in [0.4, 0.5) is 0 Å². The van der Waals surface area contributed by atoms with E-state index in [0.29, 0.717) is 6.04 Å². The molecule has 0 aromatic carbocycles. The van der Waals surface area contributed by atoms with Crippen LogP contribution in [0.5, 0.6) is 0 Å². The molecule has 12 heavy (non-hydrogen) atoms. The number of thiophene rings is 1. The number of hydrogen-bond acceptors (Lipinski definition) is 3. The minimum absolute atomic E-state index is 0.334. The van der Waals surface area contributed by atoms with E-state index < -0.39 is 0 Å². The molecule has 0 saturated carbocycles. The maximum absolute atomic E-state index is 5.12. The lowest BCUT2D eigenvalue weighted by molar-refractivity contribution is 0.170. The molecule has 1 N–H and O–H groups in total. The van der Waals surface area contributed by atoms with Gasteiger partial charge in [-0.25, -0.2) is 0 Å². The van der Waals surface area contributed by atoms with Gasteiger partial charge < -0.3 is 10.1 Å². The Morgan fingerprint density at radius 2 is 2.33 bits per heavy atom. The highest BCUT2D eigenvalue weighted by atomic mass is 32.1. The standard InChI is InChI=1S/C9H15NOS/c1-7-5-12-6-8(7)9(10-2)4-11-3/h5-6,9-10H,4H2,1-3H3. The molecule has 1 aromatic heterocycles. The Labute approximate surface area is 77.6 Å². The number of likely N-dealkylation sites (N-methyl/N-ethyl adjacent to an activating group) is 1. The minimum atomic E-state index is 0.334. The van der Waals surface area contributed by atoms with Crippen LogP contribution in [0.2, 0.25) is 0 Å². The molecule has 1 atom stereocenters. The fraction of sp³-hybridized carbons (Fsp3) is 0.556. The topological polar surface area (TPSA) is 21.3 Å².